The van der Waals surface area contributed by atoms with E-state index in [0.717, 1.165) is 59.2 Å². The van der Waals surface area contributed by atoms with Gasteiger partial charge in [-0.15, -0.1) is 0 Å². The van der Waals surface area contributed by atoms with Gasteiger partial charge in [-0.3, -0.25) is 0 Å². The van der Waals surface area contributed by atoms with Crippen molar-refractivity contribution >= 4 is 16.7 Å². The molecule has 1 aliphatic heterocycles. The Morgan fingerprint density at radius 3 is 2.62 bits per heavy atom. The van der Waals surface area contributed by atoms with Gasteiger partial charge in [0.1, 0.15) is 17.2 Å². The Hall–Kier alpha value is -2.50. The molecular weight excluding hydrogens is 331 g/mol. The zero-order valence-corrected chi connectivity index (χ0v) is 15.2. The highest BCUT2D eigenvalue weighted by Crippen LogP contribution is 2.48. The van der Waals surface area contributed by atoms with Crippen LogP contribution in [0.25, 0.3) is 22.4 Å². The number of aryl methyl sites for hydroxylation is 3. The maximum Gasteiger partial charge on any atom is 0.261 e. The highest BCUT2D eigenvalue weighted by Gasteiger charge is 2.46. The third-order valence-electron chi connectivity index (χ3n) is 5.77. The number of aromatic nitrogens is 3. The van der Waals surface area contributed by atoms with Gasteiger partial charge in [-0.1, -0.05) is 12.1 Å². The molecule has 0 radical (unpaired) electrons. The molecule has 0 amide bonds. The van der Waals surface area contributed by atoms with Crippen molar-refractivity contribution in [1.29, 1.82) is 0 Å². The van der Waals surface area contributed by atoms with Gasteiger partial charge < -0.3 is 9.42 Å². The van der Waals surface area contributed by atoms with Gasteiger partial charge in [-0.2, -0.15) is 4.98 Å². The van der Waals surface area contributed by atoms with Crippen LogP contribution in [0.4, 0.5) is 10.2 Å². The van der Waals surface area contributed by atoms with E-state index >= 15 is 0 Å². The second-order valence-electron chi connectivity index (χ2n) is 7.57. The predicted molar refractivity (Wildman–Crippen MR) is 97.7 cm³/mol. The van der Waals surface area contributed by atoms with E-state index < -0.39 is 0 Å². The molecule has 5 nitrogen and oxygen atoms in total. The minimum Gasteiger partial charge on any atom is -0.355 e. The van der Waals surface area contributed by atoms with Crippen LogP contribution in [0, 0.1) is 31.5 Å². The number of anilines is 1. The quantitative estimate of drug-likeness (QED) is 0.711. The number of rotatable bonds is 3. The molecule has 3 heterocycles. The number of fused-ring (bicyclic) bond motifs is 2. The van der Waals surface area contributed by atoms with Gasteiger partial charge in [0.15, 0.2) is 5.82 Å². The van der Waals surface area contributed by atoms with Crippen LogP contribution in [0.15, 0.2) is 16.7 Å². The van der Waals surface area contributed by atoms with E-state index in [9.17, 15) is 4.39 Å². The van der Waals surface area contributed by atoms with Gasteiger partial charge in [0.25, 0.3) is 5.89 Å². The Bertz CT molecular complexity index is 1020. The van der Waals surface area contributed by atoms with Crippen LogP contribution in [0.3, 0.4) is 0 Å². The van der Waals surface area contributed by atoms with Crippen molar-refractivity contribution in [2.24, 2.45) is 11.8 Å². The van der Waals surface area contributed by atoms with Crippen LogP contribution in [-0.4, -0.2) is 28.2 Å². The van der Waals surface area contributed by atoms with Crippen LogP contribution in [-0.2, 0) is 6.42 Å². The Balaban J connectivity index is 1.78. The molecule has 26 heavy (non-hydrogen) atoms. The minimum absolute atomic E-state index is 0.263. The van der Waals surface area contributed by atoms with E-state index in [1.54, 1.807) is 13.0 Å². The summed E-state index contributed by atoms with van der Waals surface area (Å²) in [5.74, 6) is 3.06. The van der Waals surface area contributed by atoms with Crippen molar-refractivity contribution < 1.29 is 8.91 Å². The van der Waals surface area contributed by atoms with E-state index in [0.29, 0.717) is 17.2 Å². The van der Waals surface area contributed by atoms with Gasteiger partial charge in [-0.25, -0.2) is 9.37 Å². The van der Waals surface area contributed by atoms with Gasteiger partial charge in [0.05, 0.1) is 5.56 Å². The van der Waals surface area contributed by atoms with Gasteiger partial charge in [-0.05, 0) is 61.8 Å². The summed E-state index contributed by atoms with van der Waals surface area (Å²) in [5, 5.41) is 4.77. The fourth-order valence-corrected chi connectivity index (χ4v) is 4.18. The lowest BCUT2D eigenvalue weighted by Gasteiger charge is -2.23. The topological polar surface area (TPSA) is 55.1 Å². The molecule has 1 aromatic carbocycles. The van der Waals surface area contributed by atoms with E-state index in [1.165, 1.54) is 6.42 Å². The second-order valence-corrected chi connectivity index (χ2v) is 7.57. The monoisotopic (exact) mass is 352 g/mol. The number of hydrogen-bond donors (Lipinski definition) is 0. The molecule has 2 aliphatic rings. The first-order valence-electron chi connectivity index (χ1n) is 9.23. The SMILES string of the molecule is CCc1cc(F)c2nc(N3CC4CC4C3)c(-c3nc(C)no3)c(C)c2c1. The molecule has 1 saturated heterocycles. The van der Waals surface area contributed by atoms with Gasteiger partial charge >= 0.3 is 0 Å². The maximum absolute atomic E-state index is 14.8. The molecule has 0 spiro atoms. The molecule has 1 aliphatic carbocycles. The number of benzene rings is 1. The normalized spacial score (nSPS) is 21.5. The third kappa shape index (κ3) is 2.31. The summed E-state index contributed by atoms with van der Waals surface area (Å²) in [6.07, 6.45) is 2.07. The first-order valence-corrected chi connectivity index (χ1v) is 9.23. The summed E-state index contributed by atoms with van der Waals surface area (Å²) in [7, 11) is 0. The lowest BCUT2D eigenvalue weighted by atomic mass is 10.00. The highest BCUT2D eigenvalue weighted by molar-refractivity contribution is 5.93. The lowest BCUT2D eigenvalue weighted by molar-refractivity contribution is 0.425. The van der Waals surface area contributed by atoms with Crippen molar-refractivity contribution in [3.05, 3.63) is 34.9 Å². The zero-order chi connectivity index (χ0) is 18.0. The van der Waals surface area contributed by atoms with E-state index in [2.05, 4.69) is 15.0 Å². The Morgan fingerprint density at radius 2 is 1.96 bits per heavy atom. The van der Waals surface area contributed by atoms with Crippen molar-refractivity contribution in [1.82, 2.24) is 15.1 Å². The predicted octanol–water partition coefficient (Wildman–Crippen LogP) is 4.06. The Labute approximate surface area is 151 Å². The van der Waals surface area contributed by atoms with E-state index in [1.807, 2.05) is 19.9 Å². The molecular formula is C20H21FN4O. The van der Waals surface area contributed by atoms with E-state index in [4.69, 9.17) is 9.51 Å². The minimum atomic E-state index is -0.263. The fourth-order valence-electron chi connectivity index (χ4n) is 4.18. The van der Waals surface area contributed by atoms with Gasteiger partial charge in [0.2, 0.25) is 0 Å². The van der Waals surface area contributed by atoms with Crippen LogP contribution >= 0.6 is 0 Å². The van der Waals surface area contributed by atoms with Crippen molar-refractivity contribution in [3.8, 4) is 11.5 Å². The molecule has 0 bridgehead atoms. The average Bonchev–Trinajstić information content (AvgIpc) is 3.01. The molecule has 2 atom stereocenters. The summed E-state index contributed by atoms with van der Waals surface area (Å²) in [5.41, 5.74) is 3.17. The Morgan fingerprint density at radius 1 is 1.19 bits per heavy atom. The summed E-state index contributed by atoms with van der Waals surface area (Å²) in [4.78, 5) is 11.5. The molecule has 2 aromatic heterocycles. The highest BCUT2D eigenvalue weighted by atomic mass is 19.1. The van der Waals surface area contributed by atoms with Crippen molar-refractivity contribution in [3.63, 3.8) is 0 Å². The first kappa shape index (κ1) is 15.7. The summed E-state index contributed by atoms with van der Waals surface area (Å²) in [6.45, 7) is 7.76. The number of pyridine rings is 1. The summed E-state index contributed by atoms with van der Waals surface area (Å²) in [6, 6.07) is 3.62. The van der Waals surface area contributed by atoms with Crippen LogP contribution < -0.4 is 4.90 Å². The van der Waals surface area contributed by atoms with Crippen molar-refractivity contribution in [2.45, 2.75) is 33.6 Å². The first-order chi connectivity index (χ1) is 12.5. The molecule has 0 N–H and O–H groups in total. The molecule has 6 heteroatoms. The van der Waals surface area contributed by atoms with Crippen LogP contribution in [0.2, 0.25) is 0 Å². The summed E-state index contributed by atoms with van der Waals surface area (Å²) < 4.78 is 20.3. The van der Waals surface area contributed by atoms with Crippen LogP contribution in [0.5, 0.6) is 0 Å². The van der Waals surface area contributed by atoms with Crippen molar-refractivity contribution in [2.75, 3.05) is 18.0 Å². The zero-order valence-electron chi connectivity index (χ0n) is 15.2. The number of hydrogen-bond acceptors (Lipinski definition) is 5. The number of piperidine rings is 1. The molecule has 2 fully saturated rings. The summed E-state index contributed by atoms with van der Waals surface area (Å²) >= 11 is 0. The standard InChI is InChI=1S/C20H21FN4O/c1-4-12-5-15-10(2)17(20-22-11(3)24-26-20)19(23-18(15)16(21)6-12)25-8-13-7-14(13)9-25/h5-6,13-14H,4,7-9H2,1-3H3. The van der Waals surface area contributed by atoms with E-state index in [-0.39, 0.29) is 5.82 Å². The maximum atomic E-state index is 14.8. The fraction of sp³-hybridized carbons (Fsp3) is 0.450. The molecule has 1 saturated carbocycles. The molecule has 134 valence electrons. The Kier molecular flexibility index (Phi) is 3.33. The third-order valence-corrected chi connectivity index (χ3v) is 5.77. The largest absolute Gasteiger partial charge is 0.355 e. The second kappa shape index (κ2) is 5.50. The molecule has 2 unspecified atom stereocenters. The molecule has 5 rings (SSSR count). The lowest BCUT2D eigenvalue weighted by Crippen LogP contribution is -2.24. The average molecular weight is 352 g/mol. The molecule has 3 aromatic rings. The van der Waals surface area contributed by atoms with Crippen LogP contribution in [0.1, 0.15) is 30.3 Å². The van der Waals surface area contributed by atoms with Gasteiger partial charge in [0, 0.05) is 18.5 Å². The number of halogens is 1. The smallest absolute Gasteiger partial charge is 0.261 e. The number of nitrogens with zero attached hydrogens (tertiary/aromatic N) is 4.